The van der Waals surface area contributed by atoms with Crippen LogP contribution in [-0.2, 0) is 24.1 Å². The molecular weight excluding hydrogens is 376 g/mol. The molecule has 1 fully saturated rings. The molecule has 5 heteroatoms. The molecule has 2 aromatic carbocycles. The molecule has 1 N–H and O–H groups in total. The molecule has 4 rings (SSSR count). The molecule has 1 aliphatic heterocycles. The summed E-state index contributed by atoms with van der Waals surface area (Å²) in [7, 11) is 1.63. The van der Waals surface area contributed by atoms with E-state index in [4.69, 9.17) is 4.74 Å². The van der Waals surface area contributed by atoms with Crippen molar-refractivity contribution in [1.29, 1.82) is 0 Å². The zero-order chi connectivity index (χ0) is 20.9. The number of carbonyl (C=O) groups is 2. The zero-order valence-electron chi connectivity index (χ0n) is 17.7. The highest BCUT2D eigenvalue weighted by Crippen LogP contribution is 2.23. The number of carbonyl (C=O) groups excluding carboxylic acids is 2. The maximum absolute atomic E-state index is 12.7. The predicted molar refractivity (Wildman–Crippen MR) is 117 cm³/mol. The minimum Gasteiger partial charge on any atom is -0.496 e. The number of nitrogens with one attached hydrogen (secondary N) is 1. The lowest BCUT2D eigenvalue weighted by Crippen LogP contribution is -2.47. The number of benzene rings is 2. The Bertz CT molecular complexity index is 916. The van der Waals surface area contributed by atoms with E-state index < -0.39 is 0 Å². The van der Waals surface area contributed by atoms with Crippen LogP contribution in [0.1, 0.15) is 52.7 Å². The fourth-order valence-corrected chi connectivity index (χ4v) is 4.54. The molecule has 0 atom stereocenters. The third-order valence-electron chi connectivity index (χ3n) is 6.33. The summed E-state index contributed by atoms with van der Waals surface area (Å²) in [5.41, 5.74) is 4.38. The standard InChI is InChI=1S/C25H30N2O3/c1-30-23-9-5-4-8-20(23)17-24(28)27-14-12-22(13-15-27)26-25(29)21-11-10-18-6-2-3-7-19(18)16-21/h4-5,8-11,16,22H,2-3,6-7,12-15,17H2,1H3,(H,26,29). The molecule has 1 saturated heterocycles. The molecule has 0 bridgehead atoms. The van der Waals surface area contributed by atoms with E-state index in [9.17, 15) is 9.59 Å². The van der Waals surface area contributed by atoms with Gasteiger partial charge in [0.05, 0.1) is 13.5 Å². The van der Waals surface area contributed by atoms with Crippen molar-refractivity contribution >= 4 is 11.8 Å². The van der Waals surface area contributed by atoms with Crippen LogP contribution in [0.3, 0.4) is 0 Å². The van der Waals surface area contributed by atoms with Gasteiger partial charge in [-0.05, 0) is 67.9 Å². The Kier molecular flexibility index (Phi) is 6.36. The lowest BCUT2D eigenvalue weighted by molar-refractivity contribution is -0.131. The van der Waals surface area contributed by atoms with Crippen molar-refractivity contribution in [1.82, 2.24) is 10.2 Å². The molecule has 2 amide bonds. The number of aryl methyl sites for hydroxylation is 2. The van der Waals surface area contributed by atoms with Crippen LogP contribution in [0.5, 0.6) is 5.75 Å². The van der Waals surface area contributed by atoms with Gasteiger partial charge in [-0.3, -0.25) is 9.59 Å². The third-order valence-corrected chi connectivity index (χ3v) is 6.33. The van der Waals surface area contributed by atoms with Gasteiger partial charge in [0, 0.05) is 30.3 Å². The number of piperidine rings is 1. The summed E-state index contributed by atoms with van der Waals surface area (Å²) in [5.74, 6) is 0.860. The number of hydrogen-bond acceptors (Lipinski definition) is 3. The fraction of sp³-hybridized carbons (Fsp3) is 0.440. The number of amides is 2. The van der Waals surface area contributed by atoms with E-state index in [-0.39, 0.29) is 17.9 Å². The maximum Gasteiger partial charge on any atom is 0.251 e. The quantitative estimate of drug-likeness (QED) is 0.826. The predicted octanol–water partition coefficient (Wildman–Crippen LogP) is 3.54. The summed E-state index contributed by atoms with van der Waals surface area (Å²) >= 11 is 0. The molecule has 0 radical (unpaired) electrons. The number of methoxy groups -OCH3 is 1. The van der Waals surface area contributed by atoms with Crippen molar-refractivity contribution in [3.8, 4) is 5.75 Å². The summed E-state index contributed by atoms with van der Waals surface area (Å²) < 4.78 is 5.35. The molecule has 5 nitrogen and oxygen atoms in total. The third kappa shape index (κ3) is 4.66. The summed E-state index contributed by atoms with van der Waals surface area (Å²) in [4.78, 5) is 27.3. The number of hydrogen-bond donors (Lipinski definition) is 1. The van der Waals surface area contributed by atoms with Crippen LogP contribution < -0.4 is 10.1 Å². The summed E-state index contributed by atoms with van der Waals surface area (Å²) in [6, 6.07) is 13.9. The first kappa shape index (κ1) is 20.5. The maximum atomic E-state index is 12.7. The summed E-state index contributed by atoms with van der Waals surface area (Å²) in [5, 5.41) is 3.17. The second-order valence-corrected chi connectivity index (χ2v) is 8.31. The molecule has 158 valence electrons. The van der Waals surface area contributed by atoms with Gasteiger partial charge < -0.3 is 15.0 Å². The van der Waals surface area contributed by atoms with Crippen LogP contribution in [0.4, 0.5) is 0 Å². The van der Waals surface area contributed by atoms with Crippen LogP contribution in [0, 0.1) is 0 Å². The smallest absolute Gasteiger partial charge is 0.251 e. The van der Waals surface area contributed by atoms with Gasteiger partial charge in [0.15, 0.2) is 0 Å². The topological polar surface area (TPSA) is 58.6 Å². The average molecular weight is 407 g/mol. The highest BCUT2D eigenvalue weighted by Gasteiger charge is 2.25. The van der Waals surface area contributed by atoms with E-state index in [1.54, 1.807) is 7.11 Å². The van der Waals surface area contributed by atoms with E-state index in [1.165, 1.54) is 24.0 Å². The fourth-order valence-electron chi connectivity index (χ4n) is 4.54. The monoisotopic (exact) mass is 406 g/mol. The van der Waals surface area contributed by atoms with E-state index in [0.29, 0.717) is 19.5 Å². The Morgan fingerprint density at radius 2 is 1.77 bits per heavy atom. The highest BCUT2D eigenvalue weighted by atomic mass is 16.5. The lowest BCUT2D eigenvalue weighted by atomic mass is 9.90. The number of nitrogens with zero attached hydrogens (tertiary/aromatic N) is 1. The van der Waals surface area contributed by atoms with Gasteiger partial charge >= 0.3 is 0 Å². The average Bonchev–Trinajstić information content (AvgIpc) is 2.79. The lowest BCUT2D eigenvalue weighted by Gasteiger charge is -2.32. The Balaban J connectivity index is 1.29. The summed E-state index contributed by atoms with van der Waals surface area (Å²) in [6.07, 6.45) is 6.56. The highest BCUT2D eigenvalue weighted by molar-refractivity contribution is 5.94. The number of rotatable bonds is 5. The van der Waals surface area contributed by atoms with Crippen molar-refractivity contribution < 1.29 is 14.3 Å². The first-order chi connectivity index (χ1) is 14.6. The van der Waals surface area contributed by atoms with Gasteiger partial charge in [0.1, 0.15) is 5.75 Å². The van der Waals surface area contributed by atoms with Gasteiger partial charge in [-0.25, -0.2) is 0 Å². The molecule has 0 spiro atoms. The Hall–Kier alpha value is -2.82. The van der Waals surface area contributed by atoms with Crippen molar-refractivity contribution in [2.24, 2.45) is 0 Å². The van der Waals surface area contributed by atoms with Crippen molar-refractivity contribution in [3.63, 3.8) is 0 Å². The van der Waals surface area contributed by atoms with Gasteiger partial charge in [-0.15, -0.1) is 0 Å². The van der Waals surface area contributed by atoms with Crippen molar-refractivity contribution in [3.05, 3.63) is 64.7 Å². The first-order valence-corrected chi connectivity index (χ1v) is 11.0. The molecule has 1 aliphatic carbocycles. The Labute approximate surface area is 178 Å². The van der Waals surface area contributed by atoms with Gasteiger partial charge in [0.2, 0.25) is 5.91 Å². The second kappa shape index (κ2) is 9.33. The van der Waals surface area contributed by atoms with Crippen molar-refractivity contribution in [2.75, 3.05) is 20.2 Å². The molecule has 0 unspecified atom stereocenters. The van der Waals surface area contributed by atoms with Crippen molar-refractivity contribution in [2.45, 2.75) is 51.0 Å². The SMILES string of the molecule is COc1ccccc1CC(=O)N1CCC(NC(=O)c2ccc3c(c2)CCCC3)CC1. The molecule has 2 aliphatic rings. The van der Waals surface area contributed by atoms with Gasteiger partial charge in [-0.2, -0.15) is 0 Å². The van der Waals surface area contributed by atoms with E-state index in [2.05, 4.69) is 17.4 Å². The van der Waals surface area contributed by atoms with Gasteiger partial charge in [-0.1, -0.05) is 24.3 Å². The number of fused-ring (bicyclic) bond motifs is 1. The van der Waals surface area contributed by atoms with Crippen LogP contribution in [0.2, 0.25) is 0 Å². The minimum atomic E-state index is 0.00201. The van der Waals surface area contributed by atoms with Gasteiger partial charge in [0.25, 0.3) is 5.91 Å². The normalized spacial score (nSPS) is 16.6. The summed E-state index contributed by atoms with van der Waals surface area (Å²) in [6.45, 7) is 1.34. The number of ether oxygens (including phenoxy) is 1. The Morgan fingerprint density at radius 1 is 1.03 bits per heavy atom. The van der Waals surface area contributed by atoms with E-state index >= 15 is 0 Å². The van der Waals surface area contributed by atoms with Crippen LogP contribution >= 0.6 is 0 Å². The molecule has 30 heavy (non-hydrogen) atoms. The molecular formula is C25H30N2O3. The Morgan fingerprint density at radius 3 is 2.53 bits per heavy atom. The molecule has 0 saturated carbocycles. The molecule has 0 aromatic heterocycles. The number of likely N-dealkylation sites (tertiary alicyclic amines) is 1. The van der Waals surface area contributed by atoms with E-state index in [0.717, 1.165) is 42.6 Å². The first-order valence-electron chi connectivity index (χ1n) is 11.0. The largest absolute Gasteiger partial charge is 0.496 e. The van der Waals surface area contributed by atoms with E-state index in [1.807, 2.05) is 35.2 Å². The molecule has 1 heterocycles. The minimum absolute atomic E-state index is 0.00201. The van der Waals surface area contributed by atoms with Crippen LogP contribution in [0.15, 0.2) is 42.5 Å². The van der Waals surface area contributed by atoms with Crippen LogP contribution in [0.25, 0.3) is 0 Å². The molecule has 2 aromatic rings. The second-order valence-electron chi connectivity index (χ2n) is 8.31. The zero-order valence-corrected chi connectivity index (χ0v) is 17.7. The van der Waals surface area contributed by atoms with Crippen LogP contribution in [-0.4, -0.2) is 43.0 Å². The number of para-hydroxylation sites is 1.